The van der Waals surface area contributed by atoms with E-state index in [1.165, 1.54) is 0 Å². The van der Waals surface area contributed by atoms with Gasteiger partial charge in [-0.3, -0.25) is 4.98 Å². The Hall–Kier alpha value is -2.80. The van der Waals surface area contributed by atoms with Crippen LogP contribution in [0.3, 0.4) is 0 Å². The maximum absolute atomic E-state index is 14.0. The Kier molecular flexibility index (Phi) is 9.04. The summed E-state index contributed by atoms with van der Waals surface area (Å²) in [5.74, 6) is -4.67. The minimum atomic E-state index is -4.83. The molecule has 5 rings (SSSR count). The van der Waals surface area contributed by atoms with Gasteiger partial charge in [0, 0.05) is 37.8 Å². The summed E-state index contributed by atoms with van der Waals surface area (Å²) >= 11 is 0.626. The van der Waals surface area contributed by atoms with Gasteiger partial charge in [0.1, 0.15) is 35.5 Å². The van der Waals surface area contributed by atoms with Crippen LogP contribution in [0, 0.1) is 17.5 Å². The summed E-state index contributed by atoms with van der Waals surface area (Å²) in [5.41, 5.74) is -5.22. The molecule has 0 unspecified atom stereocenters. The van der Waals surface area contributed by atoms with Crippen LogP contribution in [-0.2, 0) is 15.7 Å². The van der Waals surface area contributed by atoms with Crippen molar-refractivity contribution in [1.82, 2.24) is 20.0 Å². The highest BCUT2D eigenvalue weighted by molar-refractivity contribution is 8.00. The molecule has 0 bridgehead atoms. The van der Waals surface area contributed by atoms with E-state index in [0.29, 0.717) is 23.9 Å². The zero-order chi connectivity index (χ0) is 31.1. The van der Waals surface area contributed by atoms with Crippen LogP contribution in [-0.4, -0.2) is 89.6 Å². The van der Waals surface area contributed by atoms with Crippen molar-refractivity contribution in [3.05, 3.63) is 65.4 Å². The number of hydrogen-bond acceptors (Lipinski definition) is 10. The molecular weight excluding hydrogens is 610 g/mol. The zero-order valence-electron chi connectivity index (χ0n) is 22.0. The first-order chi connectivity index (χ1) is 20.3. The van der Waals surface area contributed by atoms with Crippen LogP contribution < -0.4 is 0 Å². The number of aliphatic hydroxyl groups is 4. The van der Waals surface area contributed by atoms with Gasteiger partial charge in [-0.15, -0.1) is 16.9 Å². The average molecular weight is 637 g/mol. The van der Waals surface area contributed by atoms with Crippen LogP contribution in [0.5, 0.6) is 0 Å². The van der Waals surface area contributed by atoms with E-state index in [9.17, 15) is 46.8 Å². The lowest BCUT2D eigenvalue weighted by Crippen LogP contribution is -2.55. The second kappa shape index (κ2) is 12.3. The average Bonchev–Trinajstić information content (AvgIpc) is 3.45. The minimum Gasteiger partial charge on any atom is -0.394 e. The van der Waals surface area contributed by atoms with Crippen molar-refractivity contribution in [2.45, 2.75) is 59.7 Å². The number of ether oxygens (including phenoxy) is 2. The Balaban J connectivity index is 1.51. The lowest BCUT2D eigenvalue weighted by molar-refractivity contribution is -0.179. The molecule has 4 N–H and O–H groups in total. The van der Waals surface area contributed by atoms with Gasteiger partial charge in [0.05, 0.1) is 34.9 Å². The van der Waals surface area contributed by atoms with Gasteiger partial charge in [-0.2, -0.15) is 13.2 Å². The zero-order valence-corrected chi connectivity index (χ0v) is 22.9. The Morgan fingerprint density at radius 2 is 1.77 bits per heavy atom. The quantitative estimate of drug-likeness (QED) is 0.226. The van der Waals surface area contributed by atoms with E-state index in [0.717, 1.165) is 29.2 Å². The monoisotopic (exact) mass is 636 g/mol. The number of thioether (sulfide) groups is 1. The van der Waals surface area contributed by atoms with Crippen molar-refractivity contribution in [3.8, 4) is 11.3 Å². The van der Waals surface area contributed by atoms with Gasteiger partial charge in [-0.25, -0.2) is 17.9 Å². The largest absolute Gasteiger partial charge is 0.418 e. The van der Waals surface area contributed by atoms with E-state index < -0.39 is 82.1 Å². The third kappa shape index (κ3) is 6.25. The molecule has 2 aromatic heterocycles. The van der Waals surface area contributed by atoms with Crippen molar-refractivity contribution in [1.29, 1.82) is 0 Å². The van der Waals surface area contributed by atoms with Crippen molar-refractivity contribution < 1.29 is 56.2 Å². The molecule has 0 spiro atoms. The molecule has 0 aliphatic carbocycles. The van der Waals surface area contributed by atoms with Gasteiger partial charge in [-0.1, -0.05) is 5.21 Å². The van der Waals surface area contributed by atoms with Crippen LogP contribution >= 0.6 is 11.8 Å². The summed E-state index contributed by atoms with van der Waals surface area (Å²) in [6, 6.07) is 1.82. The maximum atomic E-state index is 14.0. The lowest BCUT2D eigenvalue weighted by Gasteiger charge is -2.45. The molecule has 0 saturated carbocycles. The van der Waals surface area contributed by atoms with Gasteiger partial charge in [0.15, 0.2) is 17.5 Å². The third-order valence-electron chi connectivity index (χ3n) is 7.45. The standard InChI is InChI=1S/C26H26F6N4O6S/c27-14-8-12(9-15(28)18(14)29)16-10-36(35-34-16)20-21(38)17(11-37)42-24(22(20)39)43-23(25(40)3-6-41-7-4-25)19-13(26(30,31)32)2-1-5-33-19/h1-2,5,8-10,17,20-24,37-40H,3-4,6-7,11H2/t17-,20+,21+,22-,23-,24+/m1/s1. The summed E-state index contributed by atoms with van der Waals surface area (Å²) in [4.78, 5) is 3.95. The molecule has 6 atom stereocenters. The molecule has 2 fully saturated rings. The van der Waals surface area contributed by atoms with Gasteiger partial charge in [-0.05, 0) is 24.3 Å². The second-order valence-corrected chi connectivity index (χ2v) is 11.4. The number of nitrogens with zero attached hydrogens (tertiary/aromatic N) is 4. The fraction of sp³-hybridized carbons (Fsp3) is 0.500. The maximum Gasteiger partial charge on any atom is 0.418 e. The third-order valence-corrected chi connectivity index (χ3v) is 9.05. The molecular formula is C26H26F6N4O6S. The van der Waals surface area contributed by atoms with Crippen molar-refractivity contribution >= 4 is 11.8 Å². The number of rotatable bonds is 7. The van der Waals surface area contributed by atoms with E-state index in [2.05, 4.69) is 15.3 Å². The van der Waals surface area contributed by atoms with Gasteiger partial charge < -0.3 is 29.9 Å². The minimum absolute atomic E-state index is 0.0444. The molecule has 43 heavy (non-hydrogen) atoms. The van der Waals surface area contributed by atoms with Crippen LogP contribution in [0.1, 0.15) is 35.4 Å². The molecule has 234 valence electrons. The molecule has 0 amide bonds. The number of alkyl halides is 3. The number of pyridine rings is 1. The fourth-order valence-corrected chi connectivity index (χ4v) is 6.79. The van der Waals surface area contributed by atoms with E-state index >= 15 is 0 Å². The Morgan fingerprint density at radius 1 is 1.09 bits per heavy atom. The van der Waals surface area contributed by atoms with E-state index in [-0.39, 0.29) is 37.3 Å². The molecule has 2 saturated heterocycles. The lowest BCUT2D eigenvalue weighted by atomic mass is 9.87. The summed E-state index contributed by atoms with van der Waals surface area (Å²) in [6.07, 6.45) is -7.47. The number of hydrogen-bond donors (Lipinski definition) is 4. The van der Waals surface area contributed by atoms with Crippen molar-refractivity contribution in [2.75, 3.05) is 19.8 Å². The first-order valence-corrected chi connectivity index (χ1v) is 13.9. The Bertz CT molecular complexity index is 1420. The first kappa shape index (κ1) is 31.6. The van der Waals surface area contributed by atoms with E-state index in [1.54, 1.807) is 0 Å². The fourth-order valence-electron chi connectivity index (χ4n) is 5.18. The van der Waals surface area contributed by atoms with Crippen LogP contribution in [0.25, 0.3) is 11.3 Å². The van der Waals surface area contributed by atoms with E-state index in [4.69, 9.17) is 9.47 Å². The second-order valence-electron chi connectivity index (χ2n) is 10.2. The van der Waals surface area contributed by atoms with Crippen LogP contribution in [0.2, 0.25) is 0 Å². The molecule has 2 aliphatic heterocycles. The summed E-state index contributed by atoms with van der Waals surface area (Å²) in [5, 5.41) is 50.0. The number of aliphatic hydroxyl groups excluding tert-OH is 3. The molecule has 10 nitrogen and oxygen atoms in total. The van der Waals surface area contributed by atoms with Crippen molar-refractivity contribution in [2.24, 2.45) is 0 Å². The molecule has 0 radical (unpaired) electrons. The molecule has 2 aliphatic rings. The van der Waals surface area contributed by atoms with E-state index in [1.807, 2.05) is 0 Å². The highest BCUT2D eigenvalue weighted by Gasteiger charge is 2.51. The Labute approximate surface area is 244 Å². The molecule has 1 aromatic carbocycles. The van der Waals surface area contributed by atoms with Gasteiger partial charge in [0.2, 0.25) is 0 Å². The summed E-state index contributed by atoms with van der Waals surface area (Å²) in [7, 11) is 0. The van der Waals surface area contributed by atoms with Gasteiger partial charge >= 0.3 is 6.18 Å². The van der Waals surface area contributed by atoms with Gasteiger partial charge in [0.25, 0.3) is 0 Å². The predicted molar refractivity (Wildman–Crippen MR) is 137 cm³/mol. The molecule has 4 heterocycles. The predicted octanol–water partition coefficient (Wildman–Crippen LogP) is 2.77. The molecule has 3 aromatic rings. The number of halogens is 6. The smallest absolute Gasteiger partial charge is 0.394 e. The first-order valence-electron chi connectivity index (χ1n) is 13.0. The normalized spacial score (nSPS) is 26.8. The van der Waals surface area contributed by atoms with Crippen LogP contribution in [0.15, 0.2) is 36.7 Å². The van der Waals surface area contributed by atoms with Crippen LogP contribution in [0.4, 0.5) is 26.3 Å². The number of benzene rings is 1. The summed E-state index contributed by atoms with van der Waals surface area (Å²) < 4.78 is 95.1. The van der Waals surface area contributed by atoms with Crippen molar-refractivity contribution in [3.63, 3.8) is 0 Å². The summed E-state index contributed by atoms with van der Waals surface area (Å²) in [6.45, 7) is -0.691. The molecule has 17 heteroatoms. The highest BCUT2D eigenvalue weighted by atomic mass is 32.2. The Morgan fingerprint density at radius 3 is 2.40 bits per heavy atom. The SMILES string of the molecule is OC[C@H]1O[C@@H](S[C@H](c2ncccc2C(F)(F)F)C2(O)CCOCC2)[C@H](O)[C@@H](n2cc(-c3cc(F)c(F)c(F)c3)nn2)[C@H]1O. The number of aromatic nitrogens is 4. The highest BCUT2D eigenvalue weighted by Crippen LogP contribution is 2.51. The topological polar surface area (TPSA) is 143 Å².